The van der Waals surface area contributed by atoms with Crippen LogP contribution in [0.1, 0.15) is 17.3 Å². The van der Waals surface area contributed by atoms with E-state index in [9.17, 15) is 4.79 Å². The molecule has 0 saturated heterocycles. The summed E-state index contributed by atoms with van der Waals surface area (Å²) in [5, 5.41) is 8.05. The first-order valence-corrected chi connectivity index (χ1v) is 10.2. The molecule has 7 nitrogen and oxygen atoms in total. The number of ether oxygens (including phenoxy) is 2. The molecule has 2 heterocycles. The van der Waals surface area contributed by atoms with Gasteiger partial charge < -0.3 is 14.8 Å². The van der Waals surface area contributed by atoms with Gasteiger partial charge in [-0.05, 0) is 25.1 Å². The summed E-state index contributed by atoms with van der Waals surface area (Å²) in [5.74, 6) is 1.23. The second-order valence-electron chi connectivity index (χ2n) is 6.90. The maximum Gasteiger partial charge on any atom is 0.252 e. The lowest BCUT2D eigenvalue weighted by molar-refractivity contribution is 0.0948. The van der Waals surface area contributed by atoms with Gasteiger partial charge in [0.25, 0.3) is 5.91 Å². The minimum atomic E-state index is -0.186. The lowest BCUT2D eigenvalue weighted by atomic mass is 10.1. The molecule has 0 saturated carbocycles. The summed E-state index contributed by atoms with van der Waals surface area (Å²) in [6.07, 6.45) is 1.70. The number of rotatable bonds is 8. The van der Waals surface area contributed by atoms with Gasteiger partial charge >= 0.3 is 0 Å². The van der Waals surface area contributed by atoms with E-state index in [0.717, 1.165) is 22.4 Å². The van der Waals surface area contributed by atoms with Crippen LogP contribution in [0.4, 0.5) is 0 Å². The quantitative estimate of drug-likeness (QED) is 0.440. The smallest absolute Gasteiger partial charge is 0.252 e. The van der Waals surface area contributed by atoms with E-state index < -0.39 is 0 Å². The lowest BCUT2D eigenvalue weighted by Crippen LogP contribution is -2.28. The predicted molar refractivity (Wildman–Crippen MR) is 119 cm³/mol. The van der Waals surface area contributed by atoms with E-state index in [1.165, 1.54) is 0 Å². The maximum atomic E-state index is 13.0. The van der Waals surface area contributed by atoms with Gasteiger partial charge in [-0.25, -0.2) is 9.67 Å². The zero-order chi connectivity index (χ0) is 21.6. The van der Waals surface area contributed by atoms with Crippen LogP contribution in [-0.2, 0) is 6.54 Å². The molecule has 0 aliphatic rings. The van der Waals surface area contributed by atoms with Crippen molar-refractivity contribution < 1.29 is 14.3 Å². The topological polar surface area (TPSA) is 78.3 Å². The number of nitrogens with zero attached hydrogens (tertiary/aromatic N) is 3. The van der Waals surface area contributed by atoms with Crippen LogP contribution in [0.3, 0.4) is 0 Å². The summed E-state index contributed by atoms with van der Waals surface area (Å²) >= 11 is 0. The summed E-state index contributed by atoms with van der Waals surface area (Å²) in [4.78, 5) is 17.8. The number of aryl methyl sites for hydroxylation is 1. The summed E-state index contributed by atoms with van der Waals surface area (Å²) in [6.45, 7) is 3.37. The molecule has 0 spiro atoms. The zero-order valence-electron chi connectivity index (χ0n) is 17.5. The average molecular weight is 416 g/mol. The molecule has 0 aliphatic carbocycles. The van der Waals surface area contributed by atoms with Crippen LogP contribution < -0.4 is 14.8 Å². The van der Waals surface area contributed by atoms with E-state index in [1.54, 1.807) is 24.1 Å². The van der Waals surface area contributed by atoms with E-state index >= 15 is 0 Å². The van der Waals surface area contributed by atoms with Crippen molar-refractivity contribution in [2.45, 2.75) is 13.5 Å². The number of hydrogen-bond acceptors (Lipinski definition) is 5. The highest BCUT2D eigenvalue weighted by atomic mass is 16.5. The third-order valence-corrected chi connectivity index (χ3v) is 4.92. The third-order valence-electron chi connectivity index (χ3n) is 4.92. The Kier molecular flexibility index (Phi) is 6.12. The van der Waals surface area contributed by atoms with Crippen molar-refractivity contribution >= 4 is 16.9 Å². The SMILES string of the molecule is CCn1ncc2c(C(=O)NCCOc3cccc(OC)c3)cc(-c3ccccc3)nc21. The Labute approximate surface area is 180 Å². The normalized spacial score (nSPS) is 10.8. The molecule has 0 unspecified atom stereocenters. The van der Waals surface area contributed by atoms with Crippen LogP contribution in [0.5, 0.6) is 11.5 Å². The molecule has 0 radical (unpaired) electrons. The Bertz CT molecular complexity index is 1190. The second-order valence-corrected chi connectivity index (χ2v) is 6.90. The molecular weight excluding hydrogens is 392 g/mol. The van der Waals surface area contributed by atoms with Gasteiger partial charge in [0.05, 0.1) is 36.5 Å². The van der Waals surface area contributed by atoms with Gasteiger partial charge in [0, 0.05) is 18.2 Å². The molecule has 7 heteroatoms. The van der Waals surface area contributed by atoms with Crippen molar-refractivity contribution in [2.24, 2.45) is 0 Å². The minimum absolute atomic E-state index is 0.186. The number of nitrogens with one attached hydrogen (secondary N) is 1. The van der Waals surface area contributed by atoms with Gasteiger partial charge in [-0.3, -0.25) is 4.79 Å². The predicted octanol–water partition coefficient (Wildman–Crippen LogP) is 3.94. The number of carbonyl (C=O) groups is 1. The van der Waals surface area contributed by atoms with Crippen LogP contribution in [0.2, 0.25) is 0 Å². The molecule has 4 aromatic rings. The summed E-state index contributed by atoms with van der Waals surface area (Å²) in [6, 6.07) is 19.0. The minimum Gasteiger partial charge on any atom is -0.497 e. The van der Waals surface area contributed by atoms with E-state index in [-0.39, 0.29) is 5.91 Å². The molecule has 0 atom stereocenters. The molecule has 2 aromatic heterocycles. The first kappa shape index (κ1) is 20.4. The fraction of sp³-hybridized carbons (Fsp3) is 0.208. The Hall–Kier alpha value is -3.87. The van der Waals surface area contributed by atoms with Crippen molar-refractivity contribution in [3.05, 3.63) is 72.4 Å². The molecule has 1 amide bonds. The van der Waals surface area contributed by atoms with Crippen LogP contribution in [-0.4, -0.2) is 40.9 Å². The molecule has 31 heavy (non-hydrogen) atoms. The number of carbonyl (C=O) groups excluding carboxylic acids is 1. The maximum absolute atomic E-state index is 13.0. The van der Waals surface area contributed by atoms with Crippen molar-refractivity contribution in [3.8, 4) is 22.8 Å². The first-order valence-electron chi connectivity index (χ1n) is 10.2. The molecule has 0 fully saturated rings. The van der Waals surface area contributed by atoms with Gasteiger partial charge in [0.15, 0.2) is 5.65 Å². The summed E-state index contributed by atoms with van der Waals surface area (Å²) in [7, 11) is 1.61. The number of benzene rings is 2. The van der Waals surface area contributed by atoms with Gasteiger partial charge in [-0.1, -0.05) is 36.4 Å². The molecular formula is C24H24N4O3. The molecule has 0 bridgehead atoms. The van der Waals surface area contributed by atoms with Crippen molar-refractivity contribution in [2.75, 3.05) is 20.3 Å². The number of pyridine rings is 1. The summed E-state index contributed by atoms with van der Waals surface area (Å²) in [5.41, 5.74) is 2.93. The fourth-order valence-electron chi connectivity index (χ4n) is 3.34. The molecule has 0 aliphatic heterocycles. The number of amides is 1. The molecule has 158 valence electrons. The van der Waals surface area contributed by atoms with Gasteiger partial charge in [-0.2, -0.15) is 5.10 Å². The highest BCUT2D eigenvalue weighted by Gasteiger charge is 2.17. The van der Waals surface area contributed by atoms with Crippen LogP contribution in [0.25, 0.3) is 22.3 Å². The van der Waals surface area contributed by atoms with E-state index in [2.05, 4.69) is 10.4 Å². The van der Waals surface area contributed by atoms with Crippen LogP contribution in [0, 0.1) is 0 Å². The number of fused-ring (bicyclic) bond motifs is 1. The number of aromatic nitrogens is 3. The first-order chi connectivity index (χ1) is 15.2. The van der Waals surface area contributed by atoms with Crippen molar-refractivity contribution in [1.29, 1.82) is 0 Å². The van der Waals surface area contributed by atoms with Crippen LogP contribution >= 0.6 is 0 Å². The van der Waals surface area contributed by atoms with Crippen LogP contribution in [0.15, 0.2) is 66.9 Å². The number of methoxy groups -OCH3 is 1. The van der Waals surface area contributed by atoms with Gasteiger partial charge in [0.2, 0.25) is 0 Å². The molecule has 1 N–H and O–H groups in total. The van der Waals surface area contributed by atoms with Crippen molar-refractivity contribution in [3.63, 3.8) is 0 Å². The average Bonchev–Trinajstić information content (AvgIpc) is 3.25. The highest BCUT2D eigenvalue weighted by Crippen LogP contribution is 2.25. The standard InChI is InChI=1S/C24H24N4O3/c1-3-28-23-21(16-26-28)20(15-22(27-23)17-8-5-4-6-9-17)24(29)25-12-13-31-19-11-7-10-18(14-19)30-2/h4-11,14-16H,3,12-13H2,1-2H3,(H,25,29). The molecule has 4 rings (SSSR count). The second kappa shape index (κ2) is 9.30. The molecule has 2 aromatic carbocycles. The van der Waals surface area contributed by atoms with E-state index in [0.29, 0.717) is 36.7 Å². The fourth-order valence-corrected chi connectivity index (χ4v) is 3.34. The van der Waals surface area contributed by atoms with E-state index in [4.69, 9.17) is 14.5 Å². The monoisotopic (exact) mass is 416 g/mol. The Morgan fingerprint density at radius 3 is 2.65 bits per heavy atom. The summed E-state index contributed by atoms with van der Waals surface area (Å²) < 4.78 is 12.7. The number of hydrogen-bond donors (Lipinski definition) is 1. The Balaban J connectivity index is 1.52. The van der Waals surface area contributed by atoms with E-state index in [1.807, 2.05) is 61.5 Å². The van der Waals surface area contributed by atoms with Gasteiger partial charge in [-0.15, -0.1) is 0 Å². The van der Waals surface area contributed by atoms with Gasteiger partial charge in [0.1, 0.15) is 18.1 Å². The lowest BCUT2D eigenvalue weighted by Gasteiger charge is -2.11. The van der Waals surface area contributed by atoms with Crippen molar-refractivity contribution in [1.82, 2.24) is 20.1 Å². The highest BCUT2D eigenvalue weighted by molar-refractivity contribution is 6.06. The Morgan fingerprint density at radius 2 is 1.87 bits per heavy atom. The third kappa shape index (κ3) is 4.50. The zero-order valence-corrected chi connectivity index (χ0v) is 17.5. The Morgan fingerprint density at radius 1 is 1.06 bits per heavy atom. The largest absolute Gasteiger partial charge is 0.497 e.